The van der Waals surface area contributed by atoms with Crippen LogP contribution >= 0.6 is 0 Å². The number of hydrogen-bond acceptors (Lipinski definition) is 3. The molecule has 4 nitrogen and oxygen atoms in total. The first-order valence-corrected chi connectivity index (χ1v) is 6.86. The highest BCUT2D eigenvalue weighted by Gasteiger charge is 2.30. The van der Waals surface area contributed by atoms with Gasteiger partial charge in [0.1, 0.15) is 0 Å². The fourth-order valence-electron chi connectivity index (χ4n) is 2.96. The van der Waals surface area contributed by atoms with Crippen LogP contribution in [0.4, 0.5) is 0 Å². The second-order valence-electron chi connectivity index (χ2n) is 5.39. The summed E-state index contributed by atoms with van der Waals surface area (Å²) in [5, 5.41) is 9.22. The maximum absolute atomic E-state index is 12.3. The number of carbonyl (C=O) groups excluding carboxylic acids is 1. The van der Waals surface area contributed by atoms with Gasteiger partial charge >= 0.3 is 0 Å². The van der Waals surface area contributed by atoms with Crippen molar-refractivity contribution in [1.82, 2.24) is 9.80 Å². The van der Waals surface area contributed by atoms with Crippen molar-refractivity contribution in [3.05, 3.63) is 0 Å². The standard InChI is InChI=1S/C13H24N2O2/c1-11(13(17)14-6-2-3-7-14)15-8-4-5-12(9-15)10-16/h11-12,16H,2-10H2,1H3. The third-order valence-corrected chi connectivity index (χ3v) is 4.13. The van der Waals surface area contributed by atoms with E-state index >= 15 is 0 Å². The Balaban J connectivity index is 1.89. The smallest absolute Gasteiger partial charge is 0.239 e. The second-order valence-corrected chi connectivity index (χ2v) is 5.39. The molecule has 1 N–H and O–H groups in total. The first-order valence-electron chi connectivity index (χ1n) is 6.86. The Labute approximate surface area is 104 Å². The van der Waals surface area contributed by atoms with Gasteiger partial charge in [0.15, 0.2) is 0 Å². The Morgan fingerprint density at radius 2 is 2.00 bits per heavy atom. The number of aliphatic hydroxyl groups is 1. The summed E-state index contributed by atoms with van der Waals surface area (Å²) in [5.74, 6) is 0.638. The molecule has 2 rings (SSSR count). The number of likely N-dealkylation sites (tertiary alicyclic amines) is 2. The van der Waals surface area contributed by atoms with E-state index < -0.39 is 0 Å². The molecule has 2 aliphatic heterocycles. The zero-order chi connectivity index (χ0) is 12.3. The number of aliphatic hydroxyl groups excluding tert-OH is 1. The maximum Gasteiger partial charge on any atom is 0.239 e. The van der Waals surface area contributed by atoms with Crippen molar-refractivity contribution in [3.63, 3.8) is 0 Å². The van der Waals surface area contributed by atoms with E-state index in [1.54, 1.807) is 0 Å². The lowest BCUT2D eigenvalue weighted by atomic mass is 9.97. The van der Waals surface area contributed by atoms with Crippen LogP contribution in [0, 0.1) is 5.92 Å². The molecule has 0 radical (unpaired) electrons. The molecule has 4 heteroatoms. The SMILES string of the molecule is CC(C(=O)N1CCCC1)N1CCCC(CO)C1. The molecule has 2 unspecified atom stereocenters. The molecule has 1 amide bonds. The third-order valence-electron chi connectivity index (χ3n) is 4.13. The first-order chi connectivity index (χ1) is 8.22. The fraction of sp³-hybridized carbons (Fsp3) is 0.923. The molecule has 0 aliphatic carbocycles. The van der Waals surface area contributed by atoms with Gasteiger partial charge in [0.2, 0.25) is 5.91 Å². The molecule has 0 saturated carbocycles. The molecule has 0 aromatic carbocycles. The van der Waals surface area contributed by atoms with Crippen LogP contribution in [0.15, 0.2) is 0 Å². The molecule has 98 valence electrons. The Kier molecular flexibility index (Phi) is 4.40. The minimum Gasteiger partial charge on any atom is -0.396 e. The van der Waals surface area contributed by atoms with E-state index in [1.807, 2.05) is 11.8 Å². The minimum atomic E-state index is -0.0116. The largest absolute Gasteiger partial charge is 0.396 e. The van der Waals surface area contributed by atoms with Gasteiger partial charge in [-0.05, 0) is 45.1 Å². The van der Waals surface area contributed by atoms with E-state index in [4.69, 9.17) is 0 Å². The summed E-state index contributed by atoms with van der Waals surface area (Å²) in [5.41, 5.74) is 0. The number of carbonyl (C=O) groups is 1. The average Bonchev–Trinajstić information content (AvgIpc) is 2.91. The van der Waals surface area contributed by atoms with Crippen LogP contribution in [0.25, 0.3) is 0 Å². The summed E-state index contributed by atoms with van der Waals surface area (Å²) >= 11 is 0. The van der Waals surface area contributed by atoms with Gasteiger partial charge in [-0.15, -0.1) is 0 Å². The van der Waals surface area contributed by atoms with Crippen LogP contribution in [0.5, 0.6) is 0 Å². The Morgan fingerprint density at radius 1 is 1.29 bits per heavy atom. The third kappa shape index (κ3) is 2.99. The normalized spacial score (nSPS) is 28.4. The number of nitrogens with zero attached hydrogens (tertiary/aromatic N) is 2. The summed E-state index contributed by atoms with van der Waals surface area (Å²) < 4.78 is 0. The van der Waals surface area contributed by atoms with Crippen LogP contribution < -0.4 is 0 Å². The summed E-state index contributed by atoms with van der Waals surface area (Å²) in [6.45, 7) is 6.00. The fourth-order valence-corrected chi connectivity index (χ4v) is 2.96. The number of amides is 1. The van der Waals surface area contributed by atoms with E-state index in [2.05, 4.69) is 4.90 Å². The van der Waals surface area contributed by atoms with E-state index in [1.165, 1.54) is 0 Å². The molecule has 2 aliphatic rings. The highest BCUT2D eigenvalue weighted by Crippen LogP contribution is 2.20. The lowest BCUT2D eigenvalue weighted by Crippen LogP contribution is -2.50. The molecule has 0 spiro atoms. The highest BCUT2D eigenvalue weighted by molar-refractivity contribution is 5.81. The van der Waals surface area contributed by atoms with Crippen molar-refractivity contribution in [2.75, 3.05) is 32.8 Å². The number of hydrogen-bond donors (Lipinski definition) is 1. The second kappa shape index (κ2) is 5.83. The minimum absolute atomic E-state index is 0.0116. The Morgan fingerprint density at radius 3 is 2.65 bits per heavy atom. The van der Waals surface area contributed by atoms with Crippen molar-refractivity contribution in [2.45, 2.75) is 38.6 Å². The molecule has 17 heavy (non-hydrogen) atoms. The molecule has 2 heterocycles. The molecule has 2 fully saturated rings. The van der Waals surface area contributed by atoms with Gasteiger partial charge in [-0.1, -0.05) is 0 Å². The molecular weight excluding hydrogens is 216 g/mol. The molecule has 0 bridgehead atoms. The monoisotopic (exact) mass is 240 g/mol. The summed E-state index contributed by atoms with van der Waals surface area (Å²) in [7, 11) is 0. The summed E-state index contributed by atoms with van der Waals surface area (Å²) in [6, 6.07) is -0.0116. The zero-order valence-electron chi connectivity index (χ0n) is 10.8. The van der Waals surface area contributed by atoms with Crippen molar-refractivity contribution in [2.24, 2.45) is 5.92 Å². The van der Waals surface area contributed by atoms with Crippen molar-refractivity contribution in [1.29, 1.82) is 0 Å². The van der Waals surface area contributed by atoms with Gasteiger partial charge in [0, 0.05) is 26.2 Å². The number of piperidine rings is 1. The zero-order valence-corrected chi connectivity index (χ0v) is 10.8. The van der Waals surface area contributed by atoms with E-state index in [0.29, 0.717) is 5.92 Å². The van der Waals surface area contributed by atoms with Gasteiger partial charge in [-0.25, -0.2) is 0 Å². The van der Waals surface area contributed by atoms with Crippen LogP contribution in [0.1, 0.15) is 32.6 Å². The van der Waals surface area contributed by atoms with Crippen molar-refractivity contribution >= 4 is 5.91 Å². The van der Waals surface area contributed by atoms with Gasteiger partial charge in [-0.2, -0.15) is 0 Å². The summed E-state index contributed by atoms with van der Waals surface area (Å²) in [4.78, 5) is 16.5. The molecule has 0 aromatic rings. The van der Waals surface area contributed by atoms with Crippen LogP contribution in [-0.2, 0) is 4.79 Å². The predicted octanol–water partition coefficient (Wildman–Crippen LogP) is 0.702. The average molecular weight is 240 g/mol. The van der Waals surface area contributed by atoms with Gasteiger partial charge in [0.25, 0.3) is 0 Å². The first kappa shape index (κ1) is 12.8. The van der Waals surface area contributed by atoms with Gasteiger partial charge in [0.05, 0.1) is 6.04 Å². The van der Waals surface area contributed by atoms with Crippen molar-refractivity contribution < 1.29 is 9.90 Å². The van der Waals surface area contributed by atoms with Crippen LogP contribution in [-0.4, -0.2) is 59.6 Å². The Bertz CT molecular complexity index is 264. The van der Waals surface area contributed by atoms with E-state index in [0.717, 1.165) is 51.9 Å². The molecular formula is C13H24N2O2. The molecule has 0 aromatic heterocycles. The van der Waals surface area contributed by atoms with Crippen LogP contribution in [0.3, 0.4) is 0 Å². The lowest BCUT2D eigenvalue weighted by Gasteiger charge is -2.36. The predicted molar refractivity (Wildman–Crippen MR) is 66.7 cm³/mol. The Hall–Kier alpha value is -0.610. The van der Waals surface area contributed by atoms with Crippen molar-refractivity contribution in [3.8, 4) is 0 Å². The summed E-state index contributed by atoms with van der Waals surface area (Å²) in [6.07, 6.45) is 4.50. The van der Waals surface area contributed by atoms with Gasteiger partial charge < -0.3 is 10.0 Å². The van der Waals surface area contributed by atoms with E-state index in [9.17, 15) is 9.90 Å². The topological polar surface area (TPSA) is 43.8 Å². The van der Waals surface area contributed by atoms with Gasteiger partial charge in [-0.3, -0.25) is 9.69 Å². The number of rotatable bonds is 3. The quantitative estimate of drug-likeness (QED) is 0.790. The molecule has 2 saturated heterocycles. The van der Waals surface area contributed by atoms with E-state index in [-0.39, 0.29) is 18.6 Å². The van der Waals surface area contributed by atoms with Crippen LogP contribution in [0.2, 0.25) is 0 Å². The highest BCUT2D eigenvalue weighted by atomic mass is 16.3. The maximum atomic E-state index is 12.3. The lowest BCUT2D eigenvalue weighted by molar-refractivity contribution is -0.136. The molecule has 2 atom stereocenters.